The Hall–Kier alpha value is -1.40. The molecule has 1 aromatic rings. The van der Waals surface area contributed by atoms with Gasteiger partial charge in [-0.25, -0.2) is 8.42 Å². The Morgan fingerprint density at radius 3 is 2.52 bits per heavy atom. The van der Waals surface area contributed by atoms with E-state index in [1.165, 1.54) is 0 Å². The number of aliphatic carboxylic acids is 1. The maximum Gasteiger partial charge on any atom is 0.304 e. The van der Waals surface area contributed by atoms with E-state index in [4.69, 9.17) is 5.11 Å². The van der Waals surface area contributed by atoms with Crippen LogP contribution in [0.2, 0.25) is 0 Å². The van der Waals surface area contributed by atoms with E-state index in [-0.39, 0.29) is 17.9 Å². The minimum Gasteiger partial charge on any atom is -0.481 e. The van der Waals surface area contributed by atoms with Crippen LogP contribution in [0.1, 0.15) is 23.1 Å². The summed E-state index contributed by atoms with van der Waals surface area (Å²) in [5.74, 6) is -0.915. The van der Waals surface area contributed by atoms with Gasteiger partial charge in [0.1, 0.15) is 0 Å². The van der Waals surface area contributed by atoms with Crippen molar-refractivity contribution in [3.8, 4) is 0 Å². The van der Waals surface area contributed by atoms with Crippen LogP contribution in [0.5, 0.6) is 0 Å². The number of nitrogens with zero attached hydrogens (tertiary/aromatic N) is 1. The van der Waals surface area contributed by atoms with Gasteiger partial charge in [0.05, 0.1) is 17.9 Å². The second-order valence-corrected chi connectivity index (χ2v) is 7.94. The second-order valence-electron chi connectivity index (χ2n) is 5.71. The monoisotopic (exact) mass is 311 g/mol. The molecule has 1 aromatic carbocycles. The first-order valence-electron chi connectivity index (χ1n) is 7.00. The van der Waals surface area contributed by atoms with Gasteiger partial charge in [0.15, 0.2) is 9.84 Å². The summed E-state index contributed by atoms with van der Waals surface area (Å²) in [6.45, 7) is 5.05. The average Bonchev–Trinajstić information content (AvgIpc) is 2.35. The van der Waals surface area contributed by atoms with Crippen molar-refractivity contribution < 1.29 is 18.3 Å². The summed E-state index contributed by atoms with van der Waals surface area (Å²) in [6, 6.07) is 5.59. The number of carboxylic acids is 1. The van der Waals surface area contributed by atoms with Gasteiger partial charge >= 0.3 is 5.97 Å². The number of aryl methyl sites for hydroxylation is 2. The molecule has 1 aliphatic heterocycles. The lowest BCUT2D eigenvalue weighted by molar-refractivity contribution is -0.138. The van der Waals surface area contributed by atoms with Crippen LogP contribution >= 0.6 is 0 Å². The molecule has 1 unspecified atom stereocenters. The summed E-state index contributed by atoms with van der Waals surface area (Å²) in [5.41, 5.74) is 3.46. The van der Waals surface area contributed by atoms with Crippen LogP contribution in [0.25, 0.3) is 0 Å². The Kier molecular flexibility index (Phi) is 4.68. The smallest absolute Gasteiger partial charge is 0.304 e. The van der Waals surface area contributed by atoms with Gasteiger partial charge in [0.2, 0.25) is 0 Å². The van der Waals surface area contributed by atoms with Gasteiger partial charge in [-0.2, -0.15) is 0 Å². The normalized spacial score (nSPS) is 22.1. The summed E-state index contributed by atoms with van der Waals surface area (Å²) in [6.07, 6.45) is -0.135. The number of sulfone groups is 1. The number of carboxylic acid groups (broad SMARTS) is 1. The highest BCUT2D eigenvalue weighted by molar-refractivity contribution is 7.91. The zero-order chi connectivity index (χ0) is 15.6. The first-order valence-corrected chi connectivity index (χ1v) is 8.82. The summed E-state index contributed by atoms with van der Waals surface area (Å²) < 4.78 is 23.5. The molecule has 0 spiro atoms. The van der Waals surface area contributed by atoms with E-state index in [2.05, 4.69) is 0 Å². The Balaban J connectivity index is 2.22. The highest BCUT2D eigenvalue weighted by atomic mass is 32.2. The minimum absolute atomic E-state index is 0.0652. The Bertz CT molecular complexity index is 619. The SMILES string of the molecule is Cc1cccc(C)c1CN1CCS(=O)(=O)CC1CC(=O)O. The lowest BCUT2D eigenvalue weighted by Gasteiger charge is -2.35. The molecular formula is C15H21NO4S. The average molecular weight is 311 g/mol. The summed E-state index contributed by atoms with van der Waals surface area (Å²) in [5, 5.41) is 9.01. The van der Waals surface area contributed by atoms with Gasteiger partial charge < -0.3 is 5.11 Å². The maximum atomic E-state index is 11.8. The molecule has 2 rings (SSSR count). The lowest BCUT2D eigenvalue weighted by atomic mass is 10.0. The Morgan fingerprint density at radius 2 is 1.95 bits per heavy atom. The molecule has 0 aromatic heterocycles. The molecule has 6 heteroatoms. The van der Waals surface area contributed by atoms with E-state index in [1.807, 2.05) is 36.9 Å². The van der Waals surface area contributed by atoms with E-state index < -0.39 is 21.8 Å². The standard InChI is InChI=1S/C15H21NO4S/c1-11-4-3-5-12(2)14(11)9-16-6-7-21(19,20)10-13(16)8-15(17)18/h3-5,13H,6-10H2,1-2H3,(H,17,18). The number of benzene rings is 1. The van der Waals surface area contributed by atoms with Crippen LogP contribution < -0.4 is 0 Å². The molecule has 1 aliphatic rings. The lowest BCUT2D eigenvalue weighted by Crippen LogP contribution is -2.48. The second kappa shape index (κ2) is 6.15. The third-order valence-corrected chi connectivity index (χ3v) is 5.77. The van der Waals surface area contributed by atoms with Crippen molar-refractivity contribution in [2.24, 2.45) is 0 Å². The topological polar surface area (TPSA) is 74.7 Å². The predicted molar refractivity (Wildman–Crippen MR) is 81.0 cm³/mol. The number of hydrogen-bond acceptors (Lipinski definition) is 4. The first kappa shape index (κ1) is 16.0. The third kappa shape index (κ3) is 4.04. The highest BCUT2D eigenvalue weighted by Crippen LogP contribution is 2.21. The van der Waals surface area contributed by atoms with Crippen LogP contribution in [-0.2, 0) is 21.2 Å². The van der Waals surface area contributed by atoms with Crippen molar-refractivity contribution in [2.45, 2.75) is 32.9 Å². The Labute approximate surface area is 125 Å². The van der Waals surface area contributed by atoms with Gasteiger partial charge in [-0.05, 0) is 30.5 Å². The van der Waals surface area contributed by atoms with Crippen LogP contribution in [0.15, 0.2) is 18.2 Å². The van der Waals surface area contributed by atoms with Crippen molar-refractivity contribution in [2.75, 3.05) is 18.1 Å². The van der Waals surface area contributed by atoms with E-state index in [9.17, 15) is 13.2 Å². The molecule has 1 atom stereocenters. The molecule has 0 radical (unpaired) electrons. The molecule has 116 valence electrons. The molecule has 0 aliphatic carbocycles. The van der Waals surface area contributed by atoms with E-state index >= 15 is 0 Å². The molecule has 1 heterocycles. The molecular weight excluding hydrogens is 290 g/mol. The summed E-state index contributed by atoms with van der Waals surface area (Å²) in [7, 11) is -3.13. The van der Waals surface area contributed by atoms with Crippen LogP contribution in [0.4, 0.5) is 0 Å². The van der Waals surface area contributed by atoms with Crippen molar-refractivity contribution >= 4 is 15.8 Å². The fraction of sp³-hybridized carbons (Fsp3) is 0.533. The highest BCUT2D eigenvalue weighted by Gasteiger charge is 2.32. The number of carbonyl (C=O) groups is 1. The Morgan fingerprint density at radius 1 is 1.33 bits per heavy atom. The molecule has 5 nitrogen and oxygen atoms in total. The molecule has 1 N–H and O–H groups in total. The summed E-state index contributed by atoms with van der Waals surface area (Å²) in [4.78, 5) is 13.0. The molecule has 0 bridgehead atoms. The van der Waals surface area contributed by atoms with E-state index in [1.54, 1.807) is 0 Å². The van der Waals surface area contributed by atoms with Crippen molar-refractivity contribution in [1.29, 1.82) is 0 Å². The third-order valence-electron chi connectivity index (χ3n) is 4.07. The molecule has 1 saturated heterocycles. The number of rotatable bonds is 4. The van der Waals surface area contributed by atoms with Crippen LogP contribution in [0.3, 0.4) is 0 Å². The molecule has 0 saturated carbocycles. The van der Waals surface area contributed by atoms with Gasteiger partial charge in [0.25, 0.3) is 0 Å². The molecule has 0 amide bonds. The van der Waals surface area contributed by atoms with Crippen LogP contribution in [0, 0.1) is 13.8 Å². The van der Waals surface area contributed by atoms with Gasteiger partial charge in [-0.15, -0.1) is 0 Å². The largest absolute Gasteiger partial charge is 0.481 e. The quantitative estimate of drug-likeness (QED) is 0.909. The predicted octanol–water partition coefficient (Wildman–Crippen LogP) is 1.38. The maximum absolute atomic E-state index is 11.8. The number of hydrogen-bond donors (Lipinski definition) is 1. The fourth-order valence-electron chi connectivity index (χ4n) is 2.82. The zero-order valence-electron chi connectivity index (χ0n) is 12.4. The zero-order valence-corrected chi connectivity index (χ0v) is 13.2. The first-order chi connectivity index (χ1) is 9.78. The van der Waals surface area contributed by atoms with E-state index in [0.29, 0.717) is 13.1 Å². The van der Waals surface area contributed by atoms with Gasteiger partial charge in [-0.1, -0.05) is 18.2 Å². The van der Waals surface area contributed by atoms with Crippen molar-refractivity contribution in [1.82, 2.24) is 4.90 Å². The van der Waals surface area contributed by atoms with E-state index in [0.717, 1.165) is 16.7 Å². The molecule has 21 heavy (non-hydrogen) atoms. The molecule has 1 fully saturated rings. The van der Waals surface area contributed by atoms with Crippen molar-refractivity contribution in [3.63, 3.8) is 0 Å². The fourth-order valence-corrected chi connectivity index (χ4v) is 4.41. The summed E-state index contributed by atoms with van der Waals surface area (Å²) >= 11 is 0. The van der Waals surface area contributed by atoms with Crippen LogP contribution in [-0.4, -0.2) is 48.5 Å². The minimum atomic E-state index is -3.13. The van der Waals surface area contributed by atoms with Crippen molar-refractivity contribution in [3.05, 3.63) is 34.9 Å². The van der Waals surface area contributed by atoms with Gasteiger partial charge in [-0.3, -0.25) is 9.69 Å². The van der Waals surface area contributed by atoms with Gasteiger partial charge in [0, 0.05) is 19.1 Å².